The second-order valence-electron chi connectivity index (χ2n) is 4.92. The number of aromatic hydroxyl groups is 1. The molecule has 2 amide bonds. The van der Waals surface area contributed by atoms with Crippen LogP contribution in [0.15, 0.2) is 41.5 Å². The van der Waals surface area contributed by atoms with Crippen molar-refractivity contribution in [3.05, 3.63) is 52.5 Å². The Hall–Kier alpha value is -2.73. The lowest BCUT2D eigenvalue weighted by Gasteiger charge is -2.08. The predicted octanol–water partition coefficient (Wildman–Crippen LogP) is 3.91. The lowest BCUT2D eigenvalue weighted by atomic mass is 10.2. The van der Waals surface area contributed by atoms with Crippen molar-refractivity contribution in [3.63, 3.8) is 0 Å². The Morgan fingerprint density at radius 3 is 2.83 bits per heavy atom. The molecule has 0 saturated heterocycles. The number of aryl methyl sites for hydroxylation is 1. The SMILES string of the molecule is CCOc1cc(/C=N\NC(=O)Nc2ccccc2C)cc(Cl)c1O. The summed E-state index contributed by atoms with van der Waals surface area (Å²) in [6.07, 6.45) is 1.41. The second-order valence-corrected chi connectivity index (χ2v) is 5.33. The minimum atomic E-state index is -0.463. The Kier molecular flexibility index (Phi) is 6.03. The van der Waals surface area contributed by atoms with Crippen LogP contribution in [0, 0.1) is 6.92 Å². The zero-order valence-electron chi connectivity index (χ0n) is 13.3. The number of nitrogens with one attached hydrogen (secondary N) is 2. The average Bonchev–Trinajstić information content (AvgIpc) is 2.54. The van der Waals surface area contributed by atoms with Gasteiger partial charge in [0.25, 0.3) is 0 Å². The van der Waals surface area contributed by atoms with E-state index in [2.05, 4.69) is 15.8 Å². The molecule has 0 spiro atoms. The molecule has 0 saturated carbocycles. The third kappa shape index (κ3) is 4.63. The third-order valence-corrected chi connectivity index (χ3v) is 3.41. The topological polar surface area (TPSA) is 83.0 Å². The lowest BCUT2D eigenvalue weighted by molar-refractivity contribution is 0.252. The Bertz CT molecular complexity index is 763. The van der Waals surface area contributed by atoms with Gasteiger partial charge >= 0.3 is 6.03 Å². The van der Waals surface area contributed by atoms with Gasteiger partial charge in [0.1, 0.15) is 0 Å². The van der Waals surface area contributed by atoms with Crippen LogP contribution in [0.5, 0.6) is 11.5 Å². The van der Waals surface area contributed by atoms with Crippen molar-refractivity contribution < 1.29 is 14.6 Å². The molecule has 2 aromatic rings. The van der Waals surface area contributed by atoms with Crippen molar-refractivity contribution in [1.29, 1.82) is 0 Å². The normalized spacial score (nSPS) is 10.6. The van der Waals surface area contributed by atoms with E-state index in [1.807, 2.05) is 25.1 Å². The molecule has 0 atom stereocenters. The summed E-state index contributed by atoms with van der Waals surface area (Å²) in [4.78, 5) is 11.8. The first-order valence-corrected chi connectivity index (χ1v) is 7.70. The van der Waals surface area contributed by atoms with Crippen molar-refractivity contribution >= 4 is 29.5 Å². The van der Waals surface area contributed by atoms with Crippen LogP contribution in [0.2, 0.25) is 5.02 Å². The van der Waals surface area contributed by atoms with Crippen LogP contribution in [0.1, 0.15) is 18.1 Å². The fraction of sp³-hybridized carbons (Fsp3) is 0.176. The number of anilines is 1. The van der Waals surface area contributed by atoms with E-state index in [0.717, 1.165) is 5.56 Å². The molecule has 0 heterocycles. The minimum Gasteiger partial charge on any atom is -0.503 e. The molecular weight excluding hydrogens is 330 g/mol. The molecule has 6 nitrogen and oxygen atoms in total. The van der Waals surface area contributed by atoms with E-state index in [-0.39, 0.29) is 16.5 Å². The summed E-state index contributed by atoms with van der Waals surface area (Å²) in [7, 11) is 0. The Balaban J connectivity index is 2.01. The minimum absolute atomic E-state index is 0.124. The Morgan fingerprint density at radius 2 is 2.12 bits per heavy atom. The summed E-state index contributed by atoms with van der Waals surface area (Å²) in [6, 6.07) is 10.1. The summed E-state index contributed by atoms with van der Waals surface area (Å²) in [5.74, 6) is 0.136. The first-order chi connectivity index (χ1) is 11.5. The van der Waals surface area contributed by atoms with Crippen molar-refractivity contribution in [2.75, 3.05) is 11.9 Å². The van der Waals surface area contributed by atoms with Gasteiger partial charge in [0.05, 0.1) is 17.8 Å². The number of carbonyl (C=O) groups is 1. The summed E-state index contributed by atoms with van der Waals surface area (Å²) in [5.41, 5.74) is 4.60. The molecule has 7 heteroatoms. The molecule has 0 unspecified atom stereocenters. The summed E-state index contributed by atoms with van der Waals surface area (Å²) >= 11 is 5.93. The number of amides is 2. The van der Waals surface area contributed by atoms with E-state index in [4.69, 9.17) is 16.3 Å². The molecule has 2 aromatic carbocycles. The van der Waals surface area contributed by atoms with Crippen LogP contribution in [-0.4, -0.2) is 24.0 Å². The quantitative estimate of drug-likeness (QED) is 0.566. The maximum Gasteiger partial charge on any atom is 0.339 e. The number of phenolic OH excluding ortho intramolecular Hbond substituents is 1. The number of benzene rings is 2. The summed E-state index contributed by atoms with van der Waals surface area (Å²) < 4.78 is 5.28. The number of rotatable bonds is 5. The largest absolute Gasteiger partial charge is 0.503 e. The molecule has 24 heavy (non-hydrogen) atoms. The van der Waals surface area contributed by atoms with Gasteiger partial charge in [-0.3, -0.25) is 0 Å². The van der Waals surface area contributed by atoms with Crippen molar-refractivity contribution in [2.24, 2.45) is 5.10 Å². The van der Waals surface area contributed by atoms with Crippen molar-refractivity contribution in [3.8, 4) is 11.5 Å². The number of hydrogen-bond acceptors (Lipinski definition) is 4. The molecule has 0 fully saturated rings. The smallest absolute Gasteiger partial charge is 0.339 e. The van der Waals surface area contributed by atoms with Gasteiger partial charge in [-0.2, -0.15) is 5.10 Å². The van der Waals surface area contributed by atoms with Crippen molar-refractivity contribution in [2.45, 2.75) is 13.8 Å². The highest BCUT2D eigenvalue weighted by Crippen LogP contribution is 2.34. The highest BCUT2D eigenvalue weighted by Gasteiger charge is 2.08. The molecular formula is C17H18ClN3O3. The van der Waals surface area contributed by atoms with Gasteiger partial charge in [-0.25, -0.2) is 10.2 Å². The number of urea groups is 1. The monoisotopic (exact) mass is 347 g/mol. The standard InChI is InChI=1S/C17H18ClN3O3/c1-3-24-15-9-12(8-13(18)16(15)22)10-19-21-17(23)20-14-7-5-4-6-11(14)2/h4-10,22H,3H2,1-2H3,(H2,20,21,23)/b19-10-. The Morgan fingerprint density at radius 1 is 1.38 bits per heavy atom. The molecule has 126 valence electrons. The van der Waals surface area contributed by atoms with Gasteiger partial charge in [0.2, 0.25) is 0 Å². The predicted molar refractivity (Wildman–Crippen MR) is 95.2 cm³/mol. The van der Waals surface area contributed by atoms with Gasteiger partial charge in [-0.15, -0.1) is 0 Å². The second kappa shape index (κ2) is 8.21. The number of phenols is 1. The van der Waals surface area contributed by atoms with Gasteiger partial charge < -0.3 is 15.2 Å². The number of hydrogen-bond donors (Lipinski definition) is 3. The van der Waals surface area contributed by atoms with Crippen LogP contribution in [-0.2, 0) is 0 Å². The molecule has 0 radical (unpaired) electrons. The third-order valence-electron chi connectivity index (χ3n) is 3.12. The van der Waals surface area contributed by atoms with Gasteiger partial charge in [0.15, 0.2) is 11.5 Å². The molecule has 0 aliphatic rings. The fourth-order valence-corrected chi connectivity index (χ4v) is 2.18. The first-order valence-electron chi connectivity index (χ1n) is 7.32. The van der Waals surface area contributed by atoms with E-state index in [1.165, 1.54) is 12.3 Å². The number of halogens is 1. The zero-order chi connectivity index (χ0) is 17.5. The van der Waals surface area contributed by atoms with E-state index >= 15 is 0 Å². The maximum absolute atomic E-state index is 11.8. The lowest BCUT2D eigenvalue weighted by Crippen LogP contribution is -2.24. The van der Waals surface area contributed by atoms with E-state index < -0.39 is 6.03 Å². The summed E-state index contributed by atoms with van der Waals surface area (Å²) in [6.45, 7) is 4.08. The van der Waals surface area contributed by atoms with Crippen molar-refractivity contribution in [1.82, 2.24) is 5.43 Å². The maximum atomic E-state index is 11.8. The molecule has 0 bridgehead atoms. The van der Waals surface area contributed by atoms with E-state index in [9.17, 15) is 9.90 Å². The first kappa shape index (κ1) is 17.6. The molecule has 2 rings (SSSR count). The molecule has 0 aromatic heterocycles. The van der Waals surface area contributed by atoms with Gasteiger partial charge in [-0.1, -0.05) is 29.8 Å². The molecule has 0 aliphatic heterocycles. The van der Waals surface area contributed by atoms with Crippen LogP contribution >= 0.6 is 11.6 Å². The van der Waals surface area contributed by atoms with E-state index in [0.29, 0.717) is 17.9 Å². The number of para-hydroxylation sites is 1. The van der Waals surface area contributed by atoms with Gasteiger partial charge in [-0.05, 0) is 43.2 Å². The summed E-state index contributed by atoms with van der Waals surface area (Å²) in [5, 5.41) is 16.5. The number of hydrazone groups is 1. The van der Waals surface area contributed by atoms with Crippen LogP contribution < -0.4 is 15.5 Å². The van der Waals surface area contributed by atoms with Crippen LogP contribution in [0.3, 0.4) is 0 Å². The highest BCUT2D eigenvalue weighted by molar-refractivity contribution is 6.32. The number of ether oxygens (including phenoxy) is 1. The molecule has 0 aliphatic carbocycles. The van der Waals surface area contributed by atoms with Crippen LogP contribution in [0.4, 0.5) is 10.5 Å². The zero-order valence-corrected chi connectivity index (χ0v) is 14.1. The van der Waals surface area contributed by atoms with Crippen LogP contribution in [0.25, 0.3) is 0 Å². The van der Waals surface area contributed by atoms with E-state index in [1.54, 1.807) is 19.1 Å². The highest BCUT2D eigenvalue weighted by atomic mass is 35.5. The average molecular weight is 348 g/mol. The Labute approximate surface area is 145 Å². The fourth-order valence-electron chi connectivity index (χ4n) is 1.96. The molecule has 3 N–H and O–H groups in total. The number of carbonyl (C=O) groups excluding carboxylic acids is 1. The van der Waals surface area contributed by atoms with Gasteiger partial charge in [0, 0.05) is 5.69 Å². The number of nitrogens with zero attached hydrogens (tertiary/aromatic N) is 1.